The Morgan fingerprint density at radius 2 is 1.62 bits per heavy atom. The second-order valence-corrected chi connectivity index (χ2v) is 6.40. The van der Waals surface area contributed by atoms with Crippen LogP contribution in [0.25, 0.3) is 0 Å². The highest BCUT2D eigenvalue weighted by Crippen LogP contribution is 2.27. The monoisotopic (exact) mass is 350 g/mol. The van der Waals surface area contributed by atoms with Crippen LogP contribution >= 0.6 is 0 Å². The van der Waals surface area contributed by atoms with Gasteiger partial charge in [0.15, 0.2) is 0 Å². The normalized spacial score (nSPS) is 19.2. The molecule has 1 aliphatic rings. The van der Waals surface area contributed by atoms with E-state index in [1.807, 2.05) is 38.1 Å². The molecule has 2 amide bonds. The molecular formula is C20H22N4O2. The van der Waals surface area contributed by atoms with Gasteiger partial charge in [-0.15, -0.1) is 0 Å². The number of carbonyl (C=O) groups is 2. The van der Waals surface area contributed by atoms with Crippen molar-refractivity contribution in [2.45, 2.75) is 32.4 Å². The maximum absolute atomic E-state index is 12.9. The first-order valence-corrected chi connectivity index (χ1v) is 8.62. The molecule has 6 heteroatoms. The van der Waals surface area contributed by atoms with Gasteiger partial charge in [0.05, 0.1) is 0 Å². The summed E-state index contributed by atoms with van der Waals surface area (Å²) in [5.41, 5.74) is 6.88. The van der Waals surface area contributed by atoms with Gasteiger partial charge in [-0.2, -0.15) is 5.10 Å². The van der Waals surface area contributed by atoms with Gasteiger partial charge in [0.25, 0.3) is 11.8 Å². The quantitative estimate of drug-likeness (QED) is 0.814. The van der Waals surface area contributed by atoms with Crippen molar-refractivity contribution in [1.82, 2.24) is 15.9 Å². The Kier molecular flexibility index (Phi) is 5.14. The molecule has 0 aromatic heterocycles. The van der Waals surface area contributed by atoms with Gasteiger partial charge in [0.1, 0.15) is 5.66 Å². The molecule has 0 radical (unpaired) electrons. The molecule has 1 atom stereocenters. The van der Waals surface area contributed by atoms with E-state index in [0.29, 0.717) is 17.5 Å². The smallest absolute Gasteiger partial charge is 0.275 e. The summed E-state index contributed by atoms with van der Waals surface area (Å²) in [6, 6.07) is 17.9. The van der Waals surface area contributed by atoms with E-state index in [0.717, 1.165) is 12.1 Å². The van der Waals surface area contributed by atoms with E-state index in [2.05, 4.69) is 16.0 Å². The summed E-state index contributed by atoms with van der Waals surface area (Å²) in [5.74, 6) is -0.470. The zero-order chi connectivity index (χ0) is 18.6. The van der Waals surface area contributed by atoms with Gasteiger partial charge in [-0.05, 0) is 37.6 Å². The molecule has 0 saturated carbocycles. The maximum Gasteiger partial charge on any atom is 0.275 e. The highest BCUT2D eigenvalue weighted by Gasteiger charge is 2.42. The summed E-state index contributed by atoms with van der Waals surface area (Å²) >= 11 is 0. The lowest BCUT2D eigenvalue weighted by atomic mass is 10.0. The third kappa shape index (κ3) is 3.65. The molecule has 3 rings (SSSR count). The van der Waals surface area contributed by atoms with Crippen molar-refractivity contribution in [1.29, 1.82) is 0 Å². The molecule has 0 bridgehead atoms. The first-order chi connectivity index (χ1) is 12.5. The minimum absolute atomic E-state index is 0.210. The van der Waals surface area contributed by atoms with E-state index < -0.39 is 5.66 Å². The molecule has 0 unspecified atom stereocenters. The fraction of sp³-hybridized carbons (Fsp3) is 0.250. The van der Waals surface area contributed by atoms with E-state index in [9.17, 15) is 9.59 Å². The molecule has 1 heterocycles. The van der Waals surface area contributed by atoms with Crippen molar-refractivity contribution in [2.75, 3.05) is 0 Å². The standard InChI is InChI=1S/C20H22N4O2/c1-3-17-14-20(2,23-21-18(25)15-10-6-4-7-11-15)24(22-17)19(26)16-12-8-5-9-13-16/h4-13,23H,3,14H2,1-2H3,(H,21,25)/t20-/m0/s1. The van der Waals surface area contributed by atoms with Crippen LogP contribution in [0.1, 0.15) is 47.4 Å². The molecule has 2 N–H and O–H groups in total. The van der Waals surface area contributed by atoms with Crippen LogP contribution < -0.4 is 10.9 Å². The summed E-state index contributed by atoms with van der Waals surface area (Å²) in [7, 11) is 0. The fourth-order valence-electron chi connectivity index (χ4n) is 2.88. The van der Waals surface area contributed by atoms with Gasteiger partial charge in [0.2, 0.25) is 0 Å². The number of amides is 2. The average Bonchev–Trinajstić information content (AvgIpc) is 3.04. The molecule has 6 nitrogen and oxygen atoms in total. The van der Waals surface area contributed by atoms with Crippen LogP contribution in [0, 0.1) is 0 Å². The van der Waals surface area contributed by atoms with Crippen LogP contribution in [0.5, 0.6) is 0 Å². The summed E-state index contributed by atoms with van der Waals surface area (Å²) in [4.78, 5) is 25.2. The van der Waals surface area contributed by atoms with Crippen molar-refractivity contribution in [3.8, 4) is 0 Å². The summed E-state index contributed by atoms with van der Waals surface area (Å²) in [6.45, 7) is 3.85. The SMILES string of the molecule is CCC1=NN(C(=O)c2ccccc2)[C@](C)(NNC(=O)c2ccccc2)C1. The lowest BCUT2D eigenvalue weighted by Gasteiger charge is -2.33. The molecule has 1 aliphatic heterocycles. The molecule has 26 heavy (non-hydrogen) atoms. The molecule has 134 valence electrons. The number of hydrogen-bond acceptors (Lipinski definition) is 4. The minimum atomic E-state index is -0.831. The Morgan fingerprint density at radius 3 is 2.19 bits per heavy atom. The molecular weight excluding hydrogens is 328 g/mol. The Labute approximate surface area is 152 Å². The Hall–Kier alpha value is -2.99. The van der Waals surface area contributed by atoms with Crippen molar-refractivity contribution < 1.29 is 9.59 Å². The molecule has 2 aromatic carbocycles. The largest absolute Gasteiger partial charge is 0.285 e. The molecule has 0 aliphatic carbocycles. The first-order valence-electron chi connectivity index (χ1n) is 8.62. The number of benzene rings is 2. The third-order valence-corrected chi connectivity index (χ3v) is 4.36. The van der Waals surface area contributed by atoms with Gasteiger partial charge in [0, 0.05) is 23.3 Å². The van der Waals surface area contributed by atoms with Crippen molar-refractivity contribution >= 4 is 17.5 Å². The van der Waals surface area contributed by atoms with E-state index in [1.165, 1.54) is 5.01 Å². The van der Waals surface area contributed by atoms with Gasteiger partial charge < -0.3 is 0 Å². The molecule has 2 aromatic rings. The molecule has 0 saturated heterocycles. The van der Waals surface area contributed by atoms with Gasteiger partial charge in [-0.3, -0.25) is 15.0 Å². The lowest BCUT2D eigenvalue weighted by molar-refractivity contribution is 0.0438. The van der Waals surface area contributed by atoms with E-state index in [-0.39, 0.29) is 11.8 Å². The second-order valence-electron chi connectivity index (χ2n) is 6.40. The number of hydrazine groups is 1. The zero-order valence-electron chi connectivity index (χ0n) is 14.9. The fourth-order valence-corrected chi connectivity index (χ4v) is 2.88. The number of rotatable bonds is 5. The van der Waals surface area contributed by atoms with Crippen LogP contribution in [0.15, 0.2) is 65.8 Å². The summed E-state index contributed by atoms with van der Waals surface area (Å²) in [6.07, 6.45) is 1.28. The van der Waals surface area contributed by atoms with Crippen molar-refractivity contribution in [3.63, 3.8) is 0 Å². The van der Waals surface area contributed by atoms with E-state index in [4.69, 9.17) is 0 Å². The second kappa shape index (κ2) is 7.49. The maximum atomic E-state index is 12.9. The van der Waals surface area contributed by atoms with Gasteiger partial charge >= 0.3 is 0 Å². The molecule has 0 spiro atoms. The lowest BCUT2D eigenvalue weighted by Crippen LogP contribution is -2.60. The van der Waals surface area contributed by atoms with Crippen molar-refractivity contribution in [3.05, 3.63) is 71.8 Å². The summed E-state index contributed by atoms with van der Waals surface area (Å²) < 4.78 is 0. The summed E-state index contributed by atoms with van der Waals surface area (Å²) in [5, 5.41) is 5.90. The predicted molar refractivity (Wildman–Crippen MR) is 100 cm³/mol. The number of nitrogens with zero attached hydrogens (tertiary/aromatic N) is 2. The third-order valence-electron chi connectivity index (χ3n) is 4.36. The number of hydrazone groups is 1. The molecule has 0 fully saturated rings. The van der Waals surface area contributed by atoms with Crippen LogP contribution in [-0.4, -0.2) is 28.2 Å². The van der Waals surface area contributed by atoms with Crippen molar-refractivity contribution in [2.24, 2.45) is 5.10 Å². The minimum Gasteiger partial charge on any atom is -0.285 e. The Bertz CT molecular complexity index is 820. The van der Waals surface area contributed by atoms with E-state index in [1.54, 1.807) is 36.4 Å². The van der Waals surface area contributed by atoms with E-state index >= 15 is 0 Å². The number of hydrogen-bond donors (Lipinski definition) is 2. The van der Waals surface area contributed by atoms with Crippen LogP contribution in [0.3, 0.4) is 0 Å². The Morgan fingerprint density at radius 1 is 1.04 bits per heavy atom. The zero-order valence-corrected chi connectivity index (χ0v) is 14.9. The number of carbonyl (C=O) groups excluding carboxylic acids is 2. The Balaban J connectivity index is 1.77. The highest BCUT2D eigenvalue weighted by atomic mass is 16.2. The van der Waals surface area contributed by atoms with Gasteiger partial charge in [-0.1, -0.05) is 43.3 Å². The van der Waals surface area contributed by atoms with Gasteiger partial charge in [-0.25, -0.2) is 10.4 Å². The number of nitrogens with one attached hydrogen (secondary N) is 2. The topological polar surface area (TPSA) is 73.8 Å². The average molecular weight is 350 g/mol. The predicted octanol–water partition coefficient (Wildman–Crippen LogP) is 2.95. The van der Waals surface area contributed by atoms with Crippen LogP contribution in [0.4, 0.5) is 0 Å². The van der Waals surface area contributed by atoms with Crippen LogP contribution in [-0.2, 0) is 0 Å². The first kappa shape index (κ1) is 17.8. The highest BCUT2D eigenvalue weighted by molar-refractivity contribution is 5.98. The van der Waals surface area contributed by atoms with Crippen LogP contribution in [0.2, 0.25) is 0 Å².